The highest BCUT2D eigenvalue weighted by Gasteiger charge is 2.35. The summed E-state index contributed by atoms with van der Waals surface area (Å²) in [7, 11) is 8.05. The van der Waals surface area contributed by atoms with Crippen LogP contribution in [0.3, 0.4) is 0 Å². The standard InChI is InChI=1S/C44H62N8O/c1-42(2,3)26-34(49-40(53)44(7,8)33-16-14-13-15-17-33)38-45-27-35(47-38)31-22-18-29(19-23-31)30-20-24-32(25-21-30)36-28-46-39(48-36)37(43(4,5)6)50-41(51(9)10)52(11)12/h16,18-25,27-28,34,37H,13-15,17,26H2,1-12H3,(H,45,47)(H,46,48)(H,49,53). The number of imidazole rings is 2. The molecule has 1 amide bonds. The zero-order valence-electron chi connectivity index (χ0n) is 34.2. The Morgan fingerprint density at radius 3 is 1.70 bits per heavy atom. The van der Waals surface area contributed by atoms with Gasteiger partial charge < -0.3 is 25.1 Å². The van der Waals surface area contributed by atoms with Crippen LogP contribution < -0.4 is 5.32 Å². The van der Waals surface area contributed by atoms with Crippen molar-refractivity contribution < 1.29 is 4.79 Å². The molecule has 2 unspecified atom stereocenters. The Balaban J connectivity index is 1.31. The summed E-state index contributed by atoms with van der Waals surface area (Å²) in [4.78, 5) is 39.6. The summed E-state index contributed by atoms with van der Waals surface area (Å²) in [5.41, 5.74) is 6.84. The van der Waals surface area contributed by atoms with Crippen molar-refractivity contribution in [1.82, 2.24) is 35.1 Å². The Hall–Kier alpha value is -4.66. The molecule has 2 aromatic carbocycles. The number of aliphatic imine (C=N–C) groups is 1. The van der Waals surface area contributed by atoms with Gasteiger partial charge in [0.25, 0.3) is 0 Å². The van der Waals surface area contributed by atoms with E-state index in [0.717, 1.165) is 76.9 Å². The molecule has 4 aromatic rings. The number of hydrogen-bond donors (Lipinski definition) is 3. The van der Waals surface area contributed by atoms with Crippen LogP contribution in [0.15, 0.2) is 77.6 Å². The zero-order valence-corrected chi connectivity index (χ0v) is 34.2. The van der Waals surface area contributed by atoms with Gasteiger partial charge in [0, 0.05) is 28.2 Å². The van der Waals surface area contributed by atoms with Gasteiger partial charge >= 0.3 is 0 Å². The molecular weight excluding hydrogens is 657 g/mol. The quantitative estimate of drug-likeness (QED) is 0.0860. The molecule has 3 N–H and O–H groups in total. The van der Waals surface area contributed by atoms with Gasteiger partial charge in [0.05, 0.1) is 35.2 Å². The fourth-order valence-electron chi connectivity index (χ4n) is 7.10. The van der Waals surface area contributed by atoms with Gasteiger partial charge in [-0.25, -0.2) is 15.0 Å². The fourth-order valence-corrected chi connectivity index (χ4v) is 7.10. The van der Waals surface area contributed by atoms with Crippen LogP contribution in [-0.4, -0.2) is 69.8 Å². The van der Waals surface area contributed by atoms with Crippen molar-refractivity contribution in [3.63, 3.8) is 0 Å². The van der Waals surface area contributed by atoms with Crippen LogP contribution in [0.1, 0.15) is 111 Å². The number of carbonyl (C=O) groups is 1. The molecule has 9 nitrogen and oxygen atoms in total. The first-order valence-electron chi connectivity index (χ1n) is 19.1. The Morgan fingerprint density at radius 1 is 0.755 bits per heavy atom. The molecule has 0 saturated carbocycles. The van der Waals surface area contributed by atoms with Gasteiger partial charge in [-0.3, -0.25) is 4.79 Å². The highest BCUT2D eigenvalue weighted by molar-refractivity contribution is 5.85. The molecule has 53 heavy (non-hydrogen) atoms. The minimum Gasteiger partial charge on any atom is -0.349 e. The second-order valence-corrected chi connectivity index (χ2v) is 17.9. The number of guanidine groups is 1. The third-order valence-corrected chi connectivity index (χ3v) is 10.2. The molecule has 2 aromatic heterocycles. The first kappa shape index (κ1) is 39.5. The van der Waals surface area contributed by atoms with Crippen molar-refractivity contribution in [2.24, 2.45) is 21.2 Å². The van der Waals surface area contributed by atoms with Crippen LogP contribution in [0.25, 0.3) is 33.6 Å². The topological polar surface area (TPSA) is 105 Å². The summed E-state index contributed by atoms with van der Waals surface area (Å²) >= 11 is 0. The normalized spacial score (nSPS) is 15.0. The highest BCUT2D eigenvalue weighted by Crippen LogP contribution is 2.38. The van der Waals surface area contributed by atoms with Gasteiger partial charge in [0.15, 0.2) is 5.96 Å². The fraction of sp³-hybridized carbons (Fsp3) is 0.500. The van der Waals surface area contributed by atoms with Crippen LogP contribution in [0, 0.1) is 16.2 Å². The third-order valence-electron chi connectivity index (χ3n) is 10.2. The molecule has 5 rings (SSSR count). The van der Waals surface area contributed by atoms with E-state index < -0.39 is 5.41 Å². The lowest BCUT2D eigenvalue weighted by Crippen LogP contribution is -2.41. The maximum atomic E-state index is 13.7. The first-order chi connectivity index (χ1) is 24.8. The van der Waals surface area contributed by atoms with Crippen molar-refractivity contribution in [2.75, 3.05) is 28.2 Å². The summed E-state index contributed by atoms with van der Waals surface area (Å²) in [6.07, 6.45) is 11.2. The largest absolute Gasteiger partial charge is 0.349 e. The van der Waals surface area contributed by atoms with Crippen LogP contribution in [0.2, 0.25) is 0 Å². The second-order valence-electron chi connectivity index (χ2n) is 17.9. The molecule has 9 heteroatoms. The molecule has 0 fully saturated rings. The zero-order chi connectivity index (χ0) is 38.7. The molecule has 2 atom stereocenters. The van der Waals surface area contributed by atoms with E-state index in [1.165, 1.54) is 12.0 Å². The SMILES string of the molecule is CN(C)C(=NC(c1ncc(-c2ccc(-c3ccc(-c4cnc(C(CC(C)(C)C)NC(=O)C(C)(C)C5=CCCCC5)[nH]4)cc3)cc2)[nH]1)C(C)(C)C)N(C)C. The smallest absolute Gasteiger partial charge is 0.230 e. The number of benzene rings is 2. The Kier molecular flexibility index (Phi) is 11.8. The average Bonchev–Trinajstić information content (AvgIpc) is 3.78. The van der Waals surface area contributed by atoms with Gasteiger partial charge in [-0.1, -0.05) is 102 Å². The van der Waals surface area contributed by atoms with E-state index in [1.807, 2.05) is 50.4 Å². The van der Waals surface area contributed by atoms with E-state index in [9.17, 15) is 4.79 Å². The Bertz CT molecular complexity index is 1880. The van der Waals surface area contributed by atoms with Crippen LogP contribution in [-0.2, 0) is 4.79 Å². The van der Waals surface area contributed by atoms with Crippen molar-refractivity contribution in [3.05, 3.63) is 84.2 Å². The Labute approximate surface area is 317 Å². The van der Waals surface area contributed by atoms with Crippen LogP contribution in [0.4, 0.5) is 0 Å². The lowest BCUT2D eigenvalue weighted by atomic mass is 9.77. The van der Waals surface area contributed by atoms with Gasteiger partial charge in [-0.15, -0.1) is 0 Å². The Morgan fingerprint density at radius 2 is 1.25 bits per heavy atom. The number of carbonyl (C=O) groups excluding carboxylic acids is 1. The van der Waals surface area contributed by atoms with Gasteiger partial charge in [0.2, 0.25) is 5.91 Å². The van der Waals surface area contributed by atoms with Gasteiger partial charge in [0.1, 0.15) is 17.7 Å². The average molecular weight is 719 g/mol. The molecule has 1 aliphatic rings. The van der Waals surface area contributed by atoms with Crippen LogP contribution >= 0.6 is 0 Å². The maximum Gasteiger partial charge on any atom is 0.230 e. The molecule has 0 spiro atoms. The predicted octanol–water partition coefficient (Wildman–Crippen LogP) is 9.82. The van der Waals surface area contributed by atoms with Crippen molar-refractivity contribution in [1.29, 1.82) is 0 Å². The van der Waals surface area contributed by atoms with Gasteiger partial charge in [-0.05, 0) is 79.0 Å². The van der Waals surface area contributed by atoms with Crippen molar-refractivity contribution >= 4 is 11.9 Å². The van der Waals surface area contributed by atoms with E-state index in [4.69, 9.17) is 15.0 Å². The minimum atomic E-state index is -0.548. The molecule has 0 bridgehead atoms. The van der Waals surface area contributed by atoms with Crippen molar-refractivity contribution in [2.45, 2.75) is 99.6 Å². The lowest BCUT2D eigenvalue weighted by molar-refractivity contribution is -0.128. The van der Waals surface area contributed by atoms with E-state index in [1.54, 1.807) is 0 Å². The van der Waals surface area contributed by atoms with E-state index in [2.05, 4.69) is 125 Å². The van der Waals surface area contributed by atoms with E-state index >= 15 is 0 Å². The molecule has 0 aliphatic heterocycles. The number of aromatic nitrogens is 4. The minimum absolute atomic E-state index is 0.00134. The molecule has 0 saturated heterocycles. The van der Waals surface area contributed by atoms with E-state index in [0.29, 0.717) is 0 Å². The number of amides is 1. The number of nitrogens with one attached hydrogen (secondary N) is 3. The second kappa shape index (κ2) is 15.7. The van der Waals surface area contributed by atoms with Gasteiger partial charge in [-0.2, -0.15) is 0 Å². The predicted molar refractivity (Wildman–Crippen MR) is 219 cm³/mol. The summed E-state index contributed by atoms with van der Waals surface area (Å²) in [5.74, 6) is 2.59. The van der Waals surface area contributed by atoms with E-state index in [-0.39, 0.29) is 28.8 Å². The van der Waals surface area contributed by atoms with Crippen molar-refractivity contribution in [3.8, 4) is 33.6 Å². The highest BCUT2D eigenvalue weighted by atomic mass is 16.2. The number of allylic oxidation sites excluding steroid dienone is 1. The number of nitrogens with zero attached hydrogens (tertiary/aromatic N) is 5. The monoisotopic (exact) mass is 719 g/mol. The summed E-state index contributed by atoms with van der Waals surface area (Å²) < 4.78 is 0. The third kappa shape index (κ3) is 9.67. The lowest BCUT2D eigenvalue weighted by Gasteiger charge is -2.32. The molecule has 284 valence electrons. The first-order valence-corrected chi connectivity index (χ1v) is 19.1. The summed E-state index contributed by atoms with van der Waals surface area (Å²) in [6, 6.07) is 16.8. The molecule has 2 heterocycles. The molecular formula is C44H62N8O. The summed E-state index contributed by atoms with van der Waals surface area (Å²) in [6.45, 7) is 17.3. The maximum absolute atomic E-state index is 13.7. The summed E-state index contributed by atoms with van der Waals surface area (Å²) in [5, 5.41) is 3.38. The molecule has 0 radical (unpaired) electrons. The number of aromatic amines is 2. The number of hydrogen-bond acceptors (Lipinski definition) is 4. The van der Waals surface area contributed by atoms with Crippen LogP contribution in [0.5, 0.6) is 0 Å². The number of H-pyrrole nitrogens is 2. The molecule has 1 aliphatic carbocycles. The number of rotatable bonds is 10.